The number of imidazole rings is 1. The summed E-state index contributed by atoms with van der Waals surface area (Å²) in [6.45, 7) is -0.780. The predicted molar refractivity (Wildman–Crippen MR) is 137 cm³/mol. The summed E-state index contributed by atoms with van der Waals surface area (Å²) in [6, 6.07) is 5.37. The van der Waals surface area contributed by atoms with E-state index in [1.165, 1.54) is 37.3 Å². The number of carbonyl (C=O) groups is 1. The molecule has 5 aromatic rings. The van der Waals surface area contributed by atoms with Crippen molar-refractivity contribution in [1.29, 1.82) is 0 Å². The van der Waals surface area contributed by atoms with Crippen molar-refractivity contribution in [2.75, 3.05) is 12.4 Å². The number of alkyl halides is 3. The zero-order valence-electron chi connectivity index (χ0n) is 21.8. The van der Waals surface area contributed by atoms with E-state index in [0.29, 0.717) is 5.82 Å². The van der Waals surface area contributed by atoms with Crippen molar-refractivity contribution >= 4 is 22.8 Å². The number of methoxy groups -OCH3 is 1. The second kappa shape index (κ2) is 10.4. The van der Waals surface area contributed by atoms with Gasteiger partial charge < -0.3 is 14.8 Å². The lowest BCUT2D eigenvalue weighted by molar-refractivity contribution is -0.137. The molecule has 0 saturated heterocycles. The third-order valence-corrected chi connectivity index (χ3v) is 6.20. The van der Waals surface area contributed by atoms with Crippen LogP contribution >= 0.6 is 0 Å². The van der Waals surface area contributed by atoms with Gasteiger partial charge >= 0.3 is 11.9 Å². The molecule has 3 aromatic heterocycles. The van der Waals surface area contributed by atoms with Gasteiger partial charge in [0.1, 0.15) is 19.5 Å². The molecule has 0 spiro atoms. The first-order valence-electron chi connectivity index (χ1n) is 11.9. The van der Waals surface area contributed by atoms with Gasteiger partial charge in [-0.3, -0.25) is 23.7 Å². The number of amides is 1. The smallest absolute Gasteiger partial charge is 0.416 e. The molecule has 214 valence electrons. The minimum absolute atomic E-state index is 0.0202. The Morgan fingerprint density at radius 1 is 1.17 bits per heavy atom. The fourth-order valence-corrected chi connectivity index (χ4v) is 4.36. The molecule has 1 amide bonds. The normalized spacial score (nSPS) is 11.7. The van der Waals surface area contributed by atoms with Gasteiger partial charge in [0.25, 0.3) is 0 Å². The number of fused-ring (bicyclic) bond motifs is 1. The van der Waals surface area contributed by atoms with Gasteiger partial charge in [0, 0.05) is 31.9 Å². The lowest BCUT2D eigenvalue weighted by Gasteiger charge is -2.15. The first-order chi connectivity index (χ1) is 19.5. The van der Waals surface area contributed by atoms with Gasteiger partial charge in [-0.1, -0.05) is 0 Å². The molecule has 12 nitrogen and oxygen atoms in total. The summed E-state index contributed by atoms with van der Waals surface area (Å²) >= 11 is 0. The third kappa shape index (κ3) is 5.35. The molecule has 0 saturated carbocycles. The Bertz CT molecular complexity index is 1800. The Kier molecular flexibility index (Phi) is 6.98. The molecule has 3 heterocycles. The molecule has 0 aliphatic heterocycles. The standard InChI is InChI=1S/C25H22F4N8O4/c1-35-5-4-19(34-35)32-21(38)10-37-17-9-14(25(27,28)29)8-15(22(17)36(2)24(37)39)13-6-16(26)23(18(7-13)40-3)41-11-20-30-12-31-33-20/h4-9,12H,10-11H2,1-3H3,(H,30,31,33)(H,32,34,38). The number of benzene rings is 2. The average molecular weight is 574 g/mol. The van der Waals surface area contributed by atoms with E-state index in [2.05, 4.69) is 25.6 Å². The van der Waals surface area contributed by atoms with Gasteiger partial charge in [0.05, 0.1) is 23.7 Å². The third-order valence-electron chi connectivity index (χ3n) is 6.20. The molecule has 0 bridgehead atoms. The Morgan fingerprint density at radius 3 is 2.59 bits per heavy atom. The molecule has 2 aromatic carbocycles. The molecule has 0 radical (unpaired) electrons. The summed E-state index contributed by atoms with van der Waals surface area (Å²) in [6.07, 6.45) is -2.00. The van der Waals surface area contributed by atoms with Gasteiger partial charge in [-0.15, -0.1) is 0 Å². The molecule has 2 N–H and O–H groups in total. The number of hydrogen-bond donors (Lipinski definition) is 2. The number of aryl methyl sites for hydroxylation is 2. The van der Waals surface area contributed by atoms with E-state index >= 15 is 4.39 Å². The van der Waals surface area contributed by atoms with Gasteiger partial charge in [0.15, 0.2) is 29.0 Å². The topological polar surface area (TPSA) is 134 Å². The average Bonchev–Trinajstić information content (AvgIpc) is 3.64. The van der Waals surface area contributed by atoms with Crippen LogP contribution in [-0.4, -0.2) is 47.1 Å². The number of nitrogens with zero attached hydrogens (tertiary/aromatic N) is 6. The molecule has 16 heteroatoms. The van der Waals surface area contributed by atoms with Gasteiger partial charge in [-0.05, 0) is 29.8 Å². The van der Waals surface area contributed by atoms with Crippen molar-refractivity contribution in [3.05, 3.63) is 70.5 Å². The summed E-state index contributed by atoms with van der Waals surface area (Å²) < 4.78 is 71.5. The maximum absolute atomic E-state index is 15.3. The lowest BCUT2D eigenvalue weighted by atomic mass is 9.99. The lowest BCUT2D eigenvalue weighted by Crippen LogP contribution is -2.28. The number of aromatic nitrogens is 7. The Hall–Kier alpha value is -5.15. The van der Waals surface area contributed by atoms with E-state index < -0.39 is 35.7 Å². The van der Waals surface area contributed by atoms with Crippen molar-refractivity contribution in [3.63, 3.8) is 0 Å². The van der Waals surface area contributed by atoms with Crippen LogP contribution in [0.25, 0.3) is 22.2 Å². The number of halogens is 4. The minimum atomic E-state index is -4.82. The van der Waals surface area contributed by atoms with Crippen LogP contribution < -0.4 is 20.5 Å². The van der Waals surface area contributed by atoms with Gasteiger partial charge in [-0.2, -0.15) is 23.4 Å². The number of anilines is 1. The van der Waals surface area contributed by atoms with Crippen molar-refractivity contribution in [2.24, 2.45) is 14.1 Å². The Labute approximate surface area is 228 Å². The van der Waals surface area contributed by atoms with Crippen LogP contribution in [0.2, 0.25) is 0 Å². The predicted octanol–water partition coefficient (Wildman–Crippen LogP) is 3.24. The molecule has 0 fully saturated rings. The zero-order valence-corrected chi connectivity index (χ0v) is 21.8. The number of nitrogens with one attached hydrogen (secondary N) is 2. The minimum Gasteiger partial charge on any atom is -0.493 e. The number of carbonyl (C=O) groups excluding carboxylic acids is 1. The summed E-state index contributed by atoms with van der Waals surface area (Å²) in [5.41, 5.74) is -2.12. The van der Waals surface area contributed by atoms with Crippen molar-refractivity contribution < 1.29 is 31.8 Å². The van der Waals surface area contributed by atoms with E-state index in [1.54, 1.807) is 13.2 Å². The number of ether oxygens (including phenoxy) is 2. The number of hydrogen-bond acceptors (Lipinski definition) is 7. The molecule has 41 heavy (non-hydrogen) atoms. The van der Waals surface area contributed by atoms with E-state index in [-0.39, 0.29) is 46.1 Å². The highest BCUT2D eigenvalue weighted by Gasteiger charge is 2.33. The Balaban J connectivity index is 1.62. The second-order valence-corrected chi connectivity index (χ2v) is 8.95. The fourth-order valence-electron chi connectivity index (χ4n) is 4.36. The molecule has 0 aliphatic rings. The molecule has 0 aliphatic carbocycles. The van der Waals surface area contributed by atoms with Crippen LogP contribution in [0.4, 0.5) is 23.4 Å². The van der Waals surface area contributed by atoms with Crippen LogP contribution in [0, 0.1) is 5.82 Å². The SMILES string of the molecule is COc1cc(-c2cc(C(F)(F)F)cc3c2n(C)c(=O)n3CC(=O)Nc2ccn(C)n2)cc(F)c1OCc1ncn[nH]1. The first-order valence-corrected chi connectivity index (χ1v) is 11.9. The van der Waals surface area contributed by atoms with Crippen molar-refractivity contribution in [2.45, 2.75) is 19.3 Å². The largest absolute Gasteiger partial charge is 0.493 e. The van der Waals surface area contributed by atoms with Gasteiger partial charge in [0.2, 0.25) is 5.91 Å². The monoisotopic (exact) mass is 574 g/mol. The van der Waals surface area contributed by atoms with E-state index in [9.17, 15) is 22.8 Å². The van der Waals surface area contributed by atoms with E-state index in [4.69, 9.17) is 9.47 Å². The zero-order chi connectivity index (χ0) is 29.5. The van der Waals surface area contributed by atoms with Crippen LogP contribution in [0.3, 0.4) is 0 Å². The molecular weight excluding hydrogens is 552 g/mol. The van der Waals surface area contributed by atoms with Crippen LogP contribution in [0.15, 0.2) is 47.7 Å². The highest BCUT2D eigenvalue weighted by Crippen LogP contribution is 2.41. The van der Waals surface area contributed by atoms with Crippen molar-refractivity contribution in [1.82, 2.24) is 34.1 Å². The fraction of sp³-hybridized carbons (Fsp3) is 0.240. The molecule has 0 unspecified atom stereocenters. The number of aromatic amines is 1. The highest BCUT2D eigenvalue weighted by molar-refractivity contribution is 5.96. The first kappa shape index (κ1) is 27.4. The van der Waals surface area contributed by atoms with Crippen molar-refractivity contribution in [3.8, 4) is 22.6 Å². The maximum Gasteiger partial charge on any atom is 0.416 e. The maximum atomic E-state index is 15.3. The molecular formula is C25H22F4N8O4. The number of H-pyrrole nitrogens is 1. The molecule has 5 rings (SSSR count). The Morgan fingerprint density at radius 2 is 1.95 bits per heavy atom. The van der Waals surface area contributed by atoms with E-state index in [1.807, 2.05) is 0 Å². The van der Waals surface area contributed by atoms with Crippen LogP contribution in [0.1, 0.15) is 11.4 Å². The summed E-state index contributed by atoms with van der Waals surface area (Å²) in [5, 5.41) is 12.8. The number of rotatable bonds is 8. The summed E-state index contributed by atoms with van der Waals surface area (Å²) in [7, 11) is 4.23. The van der Waals surface area contributed by atoms with Crippen LogP contribution in [-0.2, 0) is 38.2 Å². The quantitative estimate of drug-likeness (QED) is 0.272. The van der Waals surface area contributed by atoms with E-state index in [0.717, 1.165) is 27.3 Å². The highest BCUT2D eigenvalue weighted by atomic mass is 19.4. The van der Waals surface area contributed by atoms with Gasteiger partial charge in [-0.25, -0.2) is 14.2 Å². The summed E-state index contributed by atoms with van der Waals surface area (Å²) in [4.78, 5) is 29.8. The molecule has 0 atom stereocenters. The second-order valence-electron chi connectivity index (χ2n) is 8.95. The van der Waals surface area contributed by atoms with Crippen LogP contribution in [0.5, 0.6) is 11.5 Å². The summed E-state index contributed by atoms with van der Waals surface area (Å²) in [5.74, 6) is -1.51.